The fourth-order valence-electron chi connectivity index (χ4n) is 19.8. The fraction of sp³-hybridized carbons (Fsp3) is 0.929. The first-order chi connectivity index (χ1) is 31.6. The van der Waals surface area contributed by atoms with E-state index in [0.29, 0.717) is 110 Å². The lowest BCUT2D eigenvalue weighted by atomic mass is 9.43. The van der Waals surface area contributed by atoms with Gasteiger partial charge in [-0.15, -0.1) is 5.10 Å². The number of carbonyl (C=O) groups excluding carboxylic acids is 2. The van der Waals surface area contributed by atoms with E-state index in [1.165, 1.54) is 51.4 Å². The standard InChI is InChI=1S/C56H91N5O5/c1-34-10-20-49(64)57-26-8-7-9-27-58-50(65)21-11-35(2)42-17-19-44-52-46(23-25-54(42,44)4)56(6)31-40(15-13-37(56)29-48(52)63)66-33-38-32-61(60-59-38)39-14-12-36-28-47(62)51-43-18-16-41(34)53(43,3)24-22-45(51)55(36,5)30-39/h32,34-37,39-48,51-52,62-63H,7-31,33H2,1-6H3,(H,57,64)(H,58,65)/t34-,35-,36+,37+,39+,40+,41-,42-,43+,44+,45+,46+,47+,48+,51+,52+,53-,54-,55+,56+/m1/s1. The van der Waals surface area contributed by atoms with Crippen LogP contribution in [0.25, 0.3) is 0 Å². The number of amides is 2. The first kappa shape index (κ1) is 47.6. The molecule has 4 heterocycles. The van der Waals surface area contributed by atoms with E-state index in [9.17, 15) is 19.8 Å². The lowest BCUT2D eigenvalue weighted by Crippen LogP contribution is -2.59. The van der Waals surface area contributed by atoms with Crippen LogP contribution in [0.5, 0.6) is 0 Å². The summed E-state index contributed by atoms with van der Waals surface area (Å²) in [5.74, 6) is 6.46. The van der Waals surface area contributed by atoms with Gasteiger partial charge in [-0.3, -0.25) is 9.59 Å². The molecule has 20 atom stereocenters. The Balaban J connectivity index is 0.846. The molecule has 4 N–H and O–H groups in total. The van der Waals surface area contributed by atoms with Crippen molar-refractivity contribution in [2.75, 3.05) is 13.1 Å². The Bertz CT molecular complexity index is 1890. The van der Waals surface area contributed by atoms with Gasteiger partial charge in [0.2, 0.25) is 11.8 Å². The predicted octanol–water partition coefficient (Wildman–Crippen LogP) is 10.2. The Morgan fingerprint density at radius 2 is 1.11 bits per heavy atom. The minimum atomic E-state index is -0.217. The summed E-state index contributed by atoms with van der Waals surface area (Å²) in [6, 6.07) is 0.325. The van der Waals surface area contributed by atoms with Gasteiger partial charge in [0, 0.05) is 25.9 Å². The molecule has 2 amide bonds. The van der Waals surface area contributed by atoms with Gasteiger partial charge in [-0.1, -0.05) is 46.8 Å². The molecule has 12 rings (SSSR count). The highest BCUT2D eigenvalue weighted by Crippen LogP contribution is 2.70. The summed E-state index contributed by atoms with van der Waals surface area (Å²) < 4.78 is 9.06. The van der Waals surface area contributed by atoms with Crippen LogP contribution in [-0.4, -0.2) is 68.4 Å². The number of hydrogen-bond donors (Lipinski definition) is 4. The number of hydrogen-bond acceptors (Lipinski definition) is 7. The molecule has 16 bridgehead atoms. The molecule has 8 fully saturated rings. The molecular formula is C56H91N5O5. The van der Waals surface area contributed by atoms with Crippen LogP contribution < -0.4 is 10.6 Å². The van der Waals surface area contributed by atoms with Crippen molar-refractivity contribution in [1.82, 2.24) is 25.6 Å². The third-order valence-electron chi connectivity index (χ3n) is 23.3. The van der Waals surface area contributed by atoms with Gasteiger partial charge in [0.25, 0.3) is 0 Å². The summed E-state index contributed by atoms with van der Waals surface area (Å²) >= 11 is 0. The molecule has 10 nitrogen and oxygen atoms in total. The van der Waals surface area contributed by atoms with Gasteiger partial charge in [-0.05, 0) is 228 Å². The third-order valence-corrected chi connectivity index (χ3v) is 23.3. The Kier molecular flexibility index (Phi) is 13.4. The average Bonchev–Trinajstić information content (AvgIpc) is 4.01. The second-order valence-electron chi connectivity index (χ2n) is 26.2. The van der Waals surface area contributed by atoms with Crippen molar-refractivity contribution in [2.24, 2.45) is 92.7 Å². The normalized spacial score (nSPS) is 50.5. The van der Waals surface area contributed by atoms with Crippen molar-refractivity contribution in [3.05, 3.63) is 11.9 Å². The van der Waals surface area contributed by atoms with Gasteiger partial charge in [0.15, 0.2) is 0 Å². The van der Waals surface area contributed by atoms with Crippen LogP contribution in [0.3, 0.4) is 0 Å². The molecule has 370 valence electrons. The molecule has 0 saturated heterocycles. The molecule has 66 heavy (non-hydrogen) atoms. The number of nitrogens with zero attached hydrogens (tertiary/aromatic N) is 3. The van der Waals surface area contributed by atoms with E-state index in [0.717, 1.165) is 89.2 Å². The molecule has 8 saturated carbocycles. The van der Waals surface area contributed by atoms with Gasteiger partial charge in [-0.25, -0.2) is 4.68 Å². The minimum Gasteiger partial charge on any atom is -0.393 e. The highest BCUT2D eigenvalue weighted by Gasteiger charge is 2.65. The number of rotatable bonds is 0. The summed E-state index contributed by atoms with van der Waals surface area (Å²) in [5, 5.41) is 40.1. The zero-order chi connectivity index (χ0) is 46.2. The van der Waals surface area contributed by atoms with Crippen LogP contribution in [0.2, 0.25) is 0 Å². The number of nitrogens with one attached hydrogen (secondary N) is 2. The lowest BCUT2D eigenvalue weighted by Gasteiger charge is -2.62. The quantitative estimate of drug-likeness (QED) is 0.203. The maximum absolute atomic E-state index is 13.1. The number of aliphatic hydroxyl groups excluding tert-OH is 2. The van der Waals surface area contributed by atoms with Crippen LogP contribution in [0.15, 0.2) is 6.20 Å². The Morgan fingerprint density at radius 3 is 1.67 bits per heavy atom. The molecule has 11 aliphatic rings. The van der Waals surface area contributed by atoms with Crippen molar-refractivity contribution < 1.29 is 24.5 Å². The van der Waals surface area contributed by atoms with Crippen LogP contribution >= 0.6 is 0 Å². The number of ether oxygens (including phenoxy) is 1. The van der Waals surface area contributed by atoms with Crippen molar-refractivity contribution in [2.45, 2.75) is 220 Å². The van der Waals surface area contributed by atoms with Crippen LogP contribution in [-0.2, 0) is 20.9 Å². The van der Waals surface area contributed by atoms with E-state index >= 15 is 0 Å². The van der Waals surface area contributed by atoms with Gasteiger partial charge in [0.05, 0.1) is 37.2 Å². The van der Waals surface area contributed by atoms with E-state index in [4.69, 9.17) is 15.0 Å². The van der Waals surface area contributed by atoms with E-state index in [1.54, 1.807) is 0 Å². The largest absolute Gasteiger partial charge is 0.393 e. The summed E-state index contributed by atoms with van der Waals surface area (Å²) in [5.41, 5.74) is 1.73. The summed E-state index contributed by atoms with van der Waals surface area (Å²) in [7, 11) is 0. The smallest absolute Gasteiger partial charge is 0.220 e. The van der Waals surface area contributed by atoms with Crippen LogP contribution in [0.4, 0.5) is 0 Å². The second-order valence-corrected chi connectivity index (χ2v) is 26.2. The van der Waals surface area contributed by atoms with E-state index in [2.05, 4.69) is 63.1 Å². The molecule has 10 heteroatoms. The van der Waals surface area contributed by atoms with Gasteiger partial charge in [0.1, 0.15) is 5.69 Å². The molecule has 1 aromatic heterocycles. The highest BCUT2D eigenvalue weighted by molar-refractivity contribution is 5.76. The monoisotopic (exact) mass is 914 g/mol. The minimum absolute atomic E-state index is 0.171. The Labute approximate surface area is 398 Å². The average molecular weight is 914 g/mol. The molecule has 0 aromatic carbocycles. The summed E-state index contributed by atoms with van der Waals surface area (Å²) in [6.07, 6.45) is 26.0. The number of aliphatic hydroxyl groups is 2. The van der Waals surface area contributed by atoms with Gasteiger partial charge < -0.3 is 25.6 Å². The van der Waals surface area contributed by atoms with E-state index in [-0.39, 0.29) is 51.8 Å². The lowest BCUT2D eigenvalue weighted by molar-refractivity contribution is -0.182. The predicted molar refractivity (Wildman–Crippen MR) is 258 cm³/mol. The van der Waals surface area contributed by atoms with Crippen molar-refractivity contribution >= 4 is 11.8 Å². The Hall–Kier alpha value is -2.04. The van der Waals surface area contributed by atoms with Gasteiger partial charge >= 0.3 is 0 Å². The zero-order valence-corrected chi connectivity index (χ0v) is 42.2. The maximum Gasteiger partial charge on any atom is 0.220 e. The molecule has 8 aliphatic carbocycles. The number of aromatic nitrogens is 3. The topological polar surface area (TPSA) is 139 Å². The van der Waals surface area contributed by atoms with Crippen molar-refractivity contribution in [3.63, 3.8) is 0 Å². The first-order valence-corrected chi connectivity index (χ1v) is 28.0. The van der Waals surface area contributed by atoms with E-state index in [1.807, 2.05) is 0 Å². The SMILES string of the molecule is C[C@@H]1CCC(=O)NCCCCCNC(=O)CC[C@@H](C)[C@H]2CC[C@H]3[C@@H]4[C@@H](O)C[C@@H]5CC[C@@H](C[C@]5(C)[C@H]4CC[C@]23C)n2cc(nn2)CO[C@H]2CC[C@H]3C[C@H](O)[C@@H]4[C@H](CC[C@]5(C)[C@@H]1CC[C@@H]45)[C@@]3(C)C2. The van der Waals surface area contributed by atoms with Crippen LogP contribution in [0.1, 0.15) is 201 Å². The van der Waals surface area contributed by atoms with Gasteiger partial charge in [-0.2, -0.15) is 0 Å². The maximum atomic E-state index is 13.1. The van der Waals surface area contributed by atoms with Crippen LogP contribution in [0, 0.1) is 92.7 Å². The summed E-state index contributed by atoms with van der Waals surface area (Å²) in [4.78, 5) is 26.2. The molecular weight excluding hydrogens is 823 g/mol. The molecule has 0 spiro atoms. The van der Waals surface area contributed by atoms with Crippen molar-refractivity contribution in [1.29, 1.82) is 0 Å². The zero-order valence-electron chi connectivity index (χ0n) is 42.2. The number of carbonyl (C=O) groups is 2. The Morgan fingerprint density at radius 1 is 0.606 bits per heavy atom. The molecule has 0 radical (unpaired) electrons. The third kappa shape index (κ3) is 8.36. The first-order valence-electron chi connectivity index (χ1n) is 28.0. The highest BCUT2D eigenvalue weighted by atomic mass is 16.5. The molecule has 0 unspecified atom stereocenters. The molecule has 1 aromatic rings. The fourth-order valence-corrected chi connectivity index (χ4v) is 19.8. The van der Waals surface area contributed by atoms with Crippen molar-refractivity contribution in [3.8, 4) is 0 Å². The second kappa shape index (κ2) is 18.6. The van der Waals surface area contributed by atoms with E-state index < -0.39 is 0 Å². The molecule has 3 aliphatic heterocycles. The summed E-state index contributed by atoms with van der Waals surface area (Å²) in [6.45, 7) is 17.0.